The maximum atomic E-state index is 5.61. The lowest BCUT2D eigenvalue weighted by Gasteiger charge is -2.29. The molecule has 1 aliphatic heterocycles. The van der Waals surface area contributed by atoms with E-state index in [1.165, 1.54) is 19.5 Å². The molecule has 0 unspecified atom stereocenters. The molecule has 0 atom stereocenters. The Bertz CT molecular complexity index is 256. The van der Waals surface area contributed by atoms with E-state index in [0.29, 0.717) is 5.15 Å². The highest BCUT2D eigenvalue weighted by Crippen LogP contribution is 2.10. The van der Waals surface area contributed by atoms with Crippen molar-refractivity contribution in [1.82, 2.24) is 15.1 Å². The molecule has 2 rings (SSSR count). The van der Waals surface area contributed by atoms with E-state index >= 15 is 0 Å². The molecule has 4 heteroatoms. The fourth-order valence-corrected chi connectivity index (χ4v) is 1.30. The number of aromatic nitrogens is 2. The monoisotopic (exact) mass is 183 g/mol. The average molecular weight is 184 g/mol. The zero-order chi connectivity index (χ0) is 8.39. The SMILES string of the molecule is Clc1ccc(CN2CCC2)nn1. The van der Waals surface area contributed by atoms with Crippen molar-refractivity contribution in [3.63, 3.8) is 0 Å². The van der Waals surface area contributed by atoms with Crippen molar-refractivity contribution in [3.05, 3.63) is 23.0 Å². The van der Waals surface area contributed by atoms with Gasteiger partial charge in [0.15, 0.2) is 5.15 Å². The molecule has 12 heavy (non-hydrogen) atoms. The van der Waals surface area contributed by atoms with E-state index in [-0.39, 0.29) is 0 Å². The van der Waals surface area contributed by atoms with Gasteiger partial charge in [-0.3, -0.25) is 4.90 Å². The summed E-state index contributed by atoms with van der Waals surface area (Å²) in [6.07, 6.45) is 1.31. The van der Waals surface area contributed by atoms with Gasteiger partial charge in [-0.1, -0.05) is 11.6 Å². The summed E-state index contributed by atoms with van der Waals surface area (Å²) in [5, 5.41) is 8.22. The van der Waals surface area contributed by atoms with Crippen LogP contribution in [0.4, 0.5) is 0 Å². The molecule has 2 heterocycles. The van der Waals surface area contributed by atoms with Crippen LogP contribution in [0.3, 0.4) is 0 Å². The van der Waals surface area contributed by atoms with E-state index in [1.807, 2.05) is 6.07 Å². The lowest BCUT2D eigenvalue weighted by atomic mass is 10.2. The fourth-order valence-electron chi connectivity index (χ4n) is 1.20. The Balaban J connectivity index is 1.98. The summed E-state index contributed by atoms with van der Waals surface area (Å²) in [4.78, 5) is 2.33. The third-order valence-electron chi connectivity index (χ3n) is 2.02. The van der Waals surface area contributed by atoms with Crippen LogP contribution in [0.1, 0.15) is 12.1 Å². The first-order chi connectivity index (χ1) is 5.84. The zero-order valence-electron chi connectivity index (χ0n) is 6.70. The van der Waals surface area contributed by atoms with E-state index in [2.05, 4.69) is 15.1 Å². The molecule has 1 aromatic rings. The lowest BCUT2D eigenvalue weighted by molar-refractivity contribution is 0.170. The van der Waals surface area contributed by atoms with Gasteiger partial charge >= 0.3 is 0 Å². The maximum absolute atomic E-state index is 5.61. The van der Waals surface area contributed by atoms with Gasteiger partial charge in [0.05, 0.1) is 5.69 Å². The molecule has 0 spiro atoms. The Kier molecular flexibility index (Phi) is 2.23. The minimum absolute atomic E-state index is 0.461. The van der Waals surface area contributed by atoms with Crippen LogP contribution in [0, 0.1) is 0 Å². The van der Waals surface area contributed by atoms with Crippen molar-refractivity contribution in [2.24, 2.45) is 0 Å². The molecule has 1 aromatic heterocycles. The summed E-state index contributed by atoms with van der Waals surface area (Å²) in [6, 6.07) is 3.71. The maximum Gasteiger partial charge on any atom is 0.151 e. The van der Waals surface area contributed by atoms with Crippen LogP contribution in [0.25, 0.3) is 0 Å². The van der Waals surface area contributed by atoms with Crippen LogP contribution < -0.4 is 0 Å². The highest BCUT2D eigenvalue weighted by molar-refractivity contribution is 6.29. The van der Waals surface area contributed by atoms with E-state index in [9.17, 15) is 0 Å². The number of hydrogen-bond donors (Lipinski definition) is 0. The van der Waals surface area contributed by atoms with Crippen LogP contribution >= 0.6 is 11.6 Å². The van der Waals surface area contributed by atoms with Crippen LogP contribution in [-0.2, 0) is 6.54 Å². The van der Waals surface area contributed by atoms with E-state index in [4.69, 9.17) is 11.6 Å². The molecule has 0 bridgehead atoms. The van der Waals surface area contributed by atoms with Gasteiger partial charge < -0.3 is 0 Å². The van der Waals surface area contributed by atoms with Crippen molar-refractivity contribution >= 4 is 11.6 Å². The third kappa shape index (κ3) is 1.73. The highest BCUT2D eigenvalue weighted by atomic mass is 35.5. The predicted octanol–water partition coefficient (Wildman–Crippen LogP) is 1.34. The van der Waals surface area contributed by atoms with Crippen molar-refractivity contribution in [1.29, 1.82) is 0 Å². The predicted molar refractivity (Wildman–Crippen MR) is 46.9 cm³/mol. The van der Waals surface area contributed by atoms with Gasteiger partial charge in [0.2, 0.25) is 0 Å². The molecule has 0 aliphatic carbocycles. The van der Waals surface area contributed by atoms with Crippen LogP contribution in [0.15, 0.2) is 12.1 Å². The van der Waals surface area contributed by atoms with Gasteiger partial charge in [-0.2, -0.15) is 5.10 Å². The van der Waals surface area contributed by atoms with Crippen molar-refractivity contribution in [2.45, 2.75) is 13.0 Å². The third-order valence-corrected chi connectivity index (χ3v) is 2.22. The molecular formula is C8H10ClN3. The molecule has 0 saturated carbocycles. The molecule has 0 aromatic carbocycles. The molecule has 1 aliphatic rings. The Morgan fingerprint density at radius 1 is 1.33 bits per heavy atom. The topological polar surface area (TPSA) is 29.0 Å². The van der Waals surface area contributed by atoms with Crippen molar-refractivity contribution in [2.75, 3.05) is 13.1 Å². The minimum atomic E-state index is 0.461. The van der Waals surface area contributed by atoms with E-state index in [0.717, 1.165) is 12.2 Å². The summed E-state index contributed by atoms with van der Waals surface area (Å²) in [5.41, 5.74) is 0.999. The second kappa shape index (κ2) is 3.37. The molecule has 64 valence electrons. The minimum Gasteiger partial charge on any atom is -0.297 e. The lowest BCUT2D eigenvalue weighted by Crippen LogP contribution is -2.36. The summed E-state index contributed by atoms with van der Waals surface area (Å²) in [6.45, 7) is 3.28. The van der Waals surface area contributed by atoms with Gasteiger partial charge in [0, 0.05) is 6.54 Å². The highest BCUT2D eigenvalue weighted by Gasteiger charge is 2.14. The van der Waals surface area contributed by atoms with Crippen molar-refractivity contribution < 1.29 is 0 Å². The summed E-state index contributed by atoms with van der Waals surface area (Å²) in [5.74, 6) is 0. The Morgan fingerprint density at radius 2 is 2.17 bits per heavy atom. The largest absolute Gasteiger partial charge is 0.297 e. The Labute approximate surface area is 76.4 Å². The Hall–Kier alpha value is -0.670. The summed E-state index contributed by atoms with van der Waals surface area (Å²) < 4.78 is 0. The van der Waals surface area contributed by atoms with E-state index in [1.54, 1.807) is 6.07 Å². The van der Waals surface area contributed by atoms with Gasteiger partial charge in [0.25, 0.3) is 0 Å². The number of rotatable bonds is 2. The molecule has 3 nitrogen and oxygen atoms in total. The first kappa shape index (κ1) is 7.95. The molecule has 1 saturated heterocycles. The number of likely N-dealkylation sites (tertiary alicyclic amines) is 1. The van der Waals surface area contributed by atoms with E-state index < -0.39 is 0 Å². The van der Waals surface area contributed by atoms with Gasteiger partial charge in [0.1, 0.15) is 0 Å². The normalized spacial score (nSPS) is 17.4. The molecule has 0 radical (unpaired) electrons. The molecule has 0 N–H and O–H groups in total. The van der Waals surface area contributed by atoms with Crippen LogP contribution in [0.2, 0.25) is 5.15 Å². The standard InChI is InChI=1S/C8H10ClN3/c9-8-3-2-7(10-11-8)6-12-4-1-5-12/h2-3H,1,4-6H2. The second-order valence-electron chi connectivity index (χ2n) is 2.98. The smallest absolute Gasteiger partial charge is 0.151 e. The second-order valence-corrected chi connectivity index (χ2v) is 3.36. The quantitative estimate of drug-likeness (QED) is 0.693. The summed E-state index contributed by atoms with van der Waals surface area (Å²) >= 11 is 5.61. The number of halogens is 1. The molecule has 0 amide bonds. The summed E-state index contributed by atoms with van der Waals surface area (Å²) in [7, 11) is 0. The van der Waals surface area contributed by atoms with Crippen molar-refractivity contribution in [3.8, 4) is 0 Å². The van der Waals surface area contributed by atoms with Crippen LogP contribution in [0.5, 0.6) is 0 Å². The number of nitrogens with zero attached hydrogens (tertiary/aromatic N) is 3. The molecule has 1 fully saturated rings. The first-order valence-electron chi connectivity index (χ1n) is 4.05. The average Bonchev–Trinajstić information content (AvgIpc) is 2.00. The Morgan fingerprint density at radius 3 is 2.67 bits per heavy atom. The van der Waals surface area contributed by atoms with Gasteiger partial charge in [-0.05, 0) is 31.6 Å². The molecular weight excluding hydrogens is 174 g/mol. The number of hydrogen-bond acceptors (Lipinski definition) is 3. The van der Waals surface area contributed by atoms with Gasteiger partial charge in [-0.25, -0.2) is 0 Å². The van der Waals surface area contributed by atoms with Gasteiger partial charge in [-0.15, -0.1) is 5.10 Å². The zero-order valence-corrected chi connectivity index (χ0v) is 7.46. The first-order valence-corrected chi connectivity index (χ1v) is 4.43. The van der Waals surface area contributed by atoms with Crippen LogP contribution in [-0.4, -0.2) is 28.2 Å². The fraction of sp³-hybridized carbons (Fsp3) is 0.500.